The molecule has 0 N–H and O–H groups in total. The zero-order valence-corrected chi connectivity index (χ0v) is 17.6. The molecule has 0 atom stereocenters. The van der Waals surface area contributed by atoms with Crippen molar-refractivity contribution >= 4 is 0 Å². The zero-order chi connectivity index (χ0) is 18.3. The quantitative estimate of drug-likeness (QED) is 0.435. The predicted octanol–water partition coefficient (Wildman–Crippen LogP) is 7.40. The highest BCUT2D eigenvalue weighted by Gasteiger charge is 2.48. The van der Waals surface area contributed by atoms with Crippen LogP contribution in [0.5, 0.6) is 0 Å². The van der Waals surface area contributed by atoms with Gasteiger partial charge in [0.2, 0.25) is 0 Å². The summed E-state index contributed by atoms with van der Waals surface area (Å²) in [6.07, 6.45) is 7.42. The molecule has 0 aromatic heterocycles. The number of allylic oxidation sites excluding steroid dienone is 8. The molecular weight excluding hydrogens is 288 g/mol. The Morgan fingerprint density at radius 3 is 1.17 bits per heavy atom. The maximum absolute atomic E-state index is 2.55. The van der Waals surface area contributed by atoms with Crippen LogP contribution in [0.15, 0.2) is 45.6 Å². The maximum Gasteiger partial charge on any atom is 0.0114 e. The van der Waals surface area contributed by atoms with Gasteiger partial charge >= 0.3 is 0 Å². The molecule has 0 heterocycles. The van der Waals surface area contributed by atoms with Crippen LogP contribution >= 0.6 is 0 Å². The minimum absolute atomic E-state index is 0.163. The van der Waals surface area contributed by atoms with E-state index in [0.717, 1.165) is 12.8 Å². The van der Waals surface area contributed by atoms with Gasteiger partial charge < -0.3 is 0 Å². The van der Waals surface area contributed by atoms with Crippen LogP contribution in [0.2, 0.25) is 0 Å². The van der Waals surface area contributed by atoms with Gasteiger partial charge in [-0.15, -0.1) is 0 Å². The summed E-state index contributed by atoms with van der Waals surface area (Å²) in [5, 5.41) is 0. The SMILES string of the molecule is CC(C)(C)C1=CC2=C(C1)C(C)(C)C1=C(CC(C(C)(C)C)=C1)C2(C)C. The summed E-state index contributed by atoms with van der Waals surface area (Å²) in [7, 11) is 0. The van der Waals surface area contributed by atoms with Crippen LogP contribution < -0.4 is 0 Å². The van der Waals surface area contributed by atoms with Gasteiger partial charge in [0, 0.05) is 10.8 Å². The fraction of sp³-hybridized carbons (Fsp3) is 0.667. The largest absolute Gasteiger partial charge is 0.0604 e. The summed E-state index contributed by atoms with van der Waals surface area (Å²) < 4.78 is 0. The molecule has 0 radical (unpaired) electrons. The average Bonchev–Trinajstić information content (AvgIpc) is 3.02. The molecule has 0 saturated carbocycles. The molecule has 0 aromatic carbocycles. The molecule has 3 aliphatic carbocycles. The Balaban J connectivity index is 2.09. The van der Waals surface area contributed by atoms with Crippen molar-refractivity contribution in [1.29, 1.82) is 0 Å². The van der Waals surface area contributed by atoms with E-state index >= 15 is 0 Å². The molecule has 3 aliphatic rings. The fourth-order valence-electron chi connectivity index (χ4n) is 4.72. The smallest absolute Gasteiger partial charge is 0.0114 e. The minimum Gasteiger partial charge on any atom is -0.0604 e. The normalized spacial score (nSPS) is 25.6. The Hall–Kier alpha value is -1.04. The second-order valence-corrected chi connectivity index (χ2v) is 11.2. The first-order chi connectivity index (χ1) is 10.7. The molecule has 0 aliphatic heterocycles. The third-order valence-corrected chi connectivity index (χ3v) is 6.80. The van der Waals surface area contributed by atoms with Gasteiger partial charge in [-0.25, -0.2) is 0 Å². The van der Waals surface area contributed by atoms with Crippen LogP contribution in [0.25, 0.3) is 0 Å². The first kappa shape index (κ1) is 17.8. The zero-order valence-electron chi connectivity index (χ0n) is 17.6. The topological polar surface area (TPSA) is 0 Å². The summed E-state index contributed by atoms with van der Waals surface area (Å²) in [4.78, 5) is 0. The fourth-order valence-corrected chi connectivity index (χ4v) is 4.72. The molecule has 0 spiro atoms. The van der Waals surface area contributed by atoms with Gasteiger partial charge in [0.15, 0.2) is 0 Å². The van der Waals surface area contributed by atoms with Crippen molar-refractivity contribution in [3.8, 4) is 0 Å². The van der Waals surface area contributed by atoms with Crippen LogP contribution in [0.4, 0.5) is 0 Å². The first-order valence-corrected chi connectivity index (χ1v) is 9.57. The van der Waals surface area contributed by atoms with Crippen molar-refractivity contribution in [3.63, 3.8) is 0 Å². The lowest BCUT2D eigenvalue weighted by atomic mass is 9.61. The second kappa shape index (κ2) is 4.77. The van der Waals surface area contributed by atoms with E-state index in [1.165, 1.54) is 0 Å². The molecule has 0 aromatic rings. The van der Waals surface area contributed by atoms with Crippen LogP contribution in [-0.4, -0.2) is 0 Å². The van der Waals surface area contributed by atoms with Crippen LogP contribution in [0, 0.1) is 21.7 Å². The van der Waals surface area contributed by atoms with Gasteiger partial charge in [-0.05, 0) is 34.8 Å². The van der Waals surface area contributed by atoms with Crippen LogP contribution in [0.1, 0.15) is 82.1 Å². The highest BCUT2D eigenvalue weighted by Crippen LogP contribution is 2.62. The van der Waals surface area contributed by atoms with Crippen molar-refractivity contribution in [2.24, 2.45) is 21.7 Å². The van der Waals surface area contributed by atoms with Crippen molar-refractivity contribution in [1.82, 2.24) is 0 Å². The Bertz CT molecular complexity index is 649. The van der Waals surface area contributed by atoms with E-state index in [9.17, 15) is 0 Å². The molecule has 0 unspecified atom stereocenters. The minimum atomic E-state index is 0.163. The van der Waals surface area contributed by atoms with E-state index in [4.69, 9.17) is 0 Å². The first-order valence-electron chi connectivity index (χ1n) is 9.57. The average molecular weight is 325 g/mol. The molecule has 0 heteroatoms. The van der Waals surface area contributed by atoms with Crippen molar-refractivity contribution in [3.05, 3.63) is 45.6 Å². The van der Waals surface area contributed by atoms with E-state index in [1.807, 2.05) is 0 Å². The van der Waals surface area contributed by atoms with E-state index in [1.54, 1.807) is 33.4 Å². The summed E-state index contributed by atoms with van der Waals surface area (Å²) in [5.74, 6) is 0. The van der Waals surface area contributed by atoms with E-state index in [2.05, 4.69) is 81.4 Å². The van der Waals surface area contributed by atoms with Gasteiger partial charge in [-0.3, -0.25) is 0 Å². The number of rotatable bonds is 0. The van der Waals surface area contributed by atoms with E-state index in [0.29, 0.717) is 0 Å². The number of hydrogen-bond acceptors (Lipinski definition) is 0. The van der Waals surface area contributed by atoms with Gasteiger partial charge in [-0.1, -0.05) is 104 Å². The lowest BCUT2D eigenvalue weighted by Crippen LogP contribution is -2.31. The summed E-state index contributed by atoms with van der Waals surface area (Å²) >= 11 is 0. The lowest BCUT2D eigenvalue weighted by molar-refractivity contribution is 0.427. The predicted molar refractivity (Wildman–Crippen MR) is 106 cm³/mol. The molecule has 24 heavy (non-hydrogen) atoms. The van der Waals surface area contributed by atoms with Crippen molar-refractivity contribution in [2.75, 3.05) is 0 Å². The molecule has 0 amide bonds. The molecule has 132 valence electrons. The standard InChI is InChI=1S/C24H36/c1-21(2,3)15-11-17-18(12-15)24(9,10)20-14-16(22(4,5)6)13-19(20)23(17,7)8/h11,14H,12-13H2,1-10H3. The second-order valence-electron chi connectivity index (χ2n) is 11.2. The Morgan fingerprint density at radius 2 is 0.917 bits per heavy atom. The molecular formula is C24H36. The Kier molecular flexibility index (Phi) is 3.53. The van der Waals surface area contributed by atoms with Gasteiger partial charge in [0.25, 0.3) is 0 Å². The lowest BCUT2D eigenvalue weighted by Gasteiger charge is -2.43. The van der Waals surface area contributed by atoms with Crippen molar-refractivity contribution in [2.45, 2.75) is 82.1 Å². The molecule has 0 saturated heterocycles. The Morgan fingerprint density at radius 1 is 0.625 bits per heavy atom. The maximum atomic E-state index is 2.55. The summed E-state index contributed by atoms with van der Waals surface area (Å²) in [6.45, 7) is 24.0. The van der Waals surface area contributed by atoms with E-state index < -0.39 is 0 Å². The van der Waals surface area contributed by atoms with Crippen LogP contribution in [0.3, 0.4) is 0 Å². The summed E-state index contributed by atoms with van der Waals surface area (Å²) in [5.41, 5.74) is 10.6. The number of hydrogen-bond donors (Lipinski definition) is 0. The molecule has 0 fully saturated rings. The monoisotopic (exact) mass is 324 g/mol. The molecule has 3 rings (SSSR count). The third-order valence-electron chi connectivity index (χ3n) is 6.80. The van der Waals surface area contributed by atoms with Crippen LogP contribution in [-0.2, 0) is 0 Å². The van der Waals surface area contributed by atoms with E-state index in [-0.39, 0.29) is 21.7 Å². The van der Waals surface area contributed by atoms with Gasteiger partial charge in [-0.2, -0.15) is 0 Å². The highest BCUT2D eigenvalue weighted by molar-refractivity contribution is 5.62. The highest BCUT2D eigenvalue weighted by atomic mass is 14.5. The summed E-state index contributed by atoms with van der Waals surface area (Å²) in [6, 6.07) is 0. The van der Waals surface area contributed by atoms with Crippen molar-refractivity contribution < 1.29 is 0 Å². The molecule has 0 nitrogen and oxygen atoms in total. The third kappa shape index (κ3) is 2.40. The van der Waals surface area contributed by atoms with Gasteiger partial charge in [0.1, 0.15) is 0 Å². The Labute approximate surface area is 149 Å². The van der Waals surface area contributed by atoms with Gasteiger partial charge in [0.05, 0.1) is 0 Å². The molecule has 0 bridgehead atoms.